The van der Waals surface area contributed by atoms with Crippen LogP contribution in [0.1, 0.15) is 11.4 Å². The topological polar surface area (TPSA) is 96.2 Å². The predicted octanol–water partition coefficient (Wildman–Crippen LogP) is 4.04. The zero-order chi connectivity index (χ0) is 21.5. The van der Waals surface area contributed by atoms with E-state index in [0.29, 0.717) is 18.2 Å². The molecule has 6 rings (SSSR count). The van der Waals surface area contributed by atoms with E-state index < -0.39 is 0 Å². The number of rotatable bonds is 4. The van der Waals surface area contributed by atoms with E-state index in [1.807, 2.05) is 36.4 Å². The molecule has 32 heavy (non-hydrogen) atoms. The van der Waals surface area contributed by atoms with E-state index in [-0.39, 0.29) is 5.50 Å². The first-order chi connectivity index (χ1) is 15.8. The van der Waals surface area contributed by atoms with Crippen LogP contribution in [0.3, 0.4) is 0 Å². The molecule has 1 unspecified atom stereocenters. The highest BCUT2D eigenvalue weighted by Crippen LogP contribution is 2.45. The van der Waals surface area contributed by atoms with Crippen LogP contribution in [-0.4, -0.2) is 32.0 Å². The molecule has 4 heterocycles. The molecule has 3 N–H and O–H groups in total. The Morgan fingerprint density at radius 3 is 2.78 bits per heavy atom. The first-order valence-electron chi connectivity index (χ1n) is 10.4. The second-order valence-electron chi connectivity index (χ2n) is 7.63. The van der Waals surface area contributed by atoms with Crippen molar-refractivity contribution in [1.29, 1.82) is 0 Å². The monoisotopic (exact) mass is 443 g/mol. The minimum atomic E-state index is -0.156. The van der Waals surface area contributed by atoms with Gasteiger partial charge in [-0.1, -0.05) is 23.9 Å². The highest BCUT2D eigenvalue weighted by atomic mass is 32.2. The zero-order valence-electron chi connectivity index (χ0n) is 17.2. The summed E-state index contributed by atoms with van der Waals surface area (Å²) < 4.78 is 6.15. The number of H-pyrrole nitrogens is 1. The molecule has 0 saturated heterocycles. The lowest BCUT2D eigenvalue weighted by Crippen LogP contribution is -2.32. The molecule has 160 valence electrons. The average Bonchev–Trinajstić information content (AvgIpc) is 3.43. The third-order valence-electron chi connectivity index (χ3n) is 5.68. The fourth-order valence-corrected chi connectivity index (χ4v) is 5.19. The fourth-order valence-electron chi connectivity index (χ4n) is 4.14. The highest BCUT2D eigenvalue weighted by Gasteiger charge is 2.28. The van der Waals surface area contributed by atoms with Gasteiger partial charge in [0.2, 0.25) is 0 Å². The van der Waals surface area contributed by atoms with Gasteiger partial charge in [0.15, 0.2) is 5.82 Å². The summed E-state index contributed by atoms with van der Waals surface area (Å²) in [5.41, 5.74) is 10.6. The number of anilines is 3. The number of aromatic nitrogens is 4. The largest absolute Gasteiger partial charge is 0.436 e. The van der Waals surface area contributed by atoms with Crippen molar-refractivity contribution in [2.45, 2.75) is 23.4 Å². The maximum Gasteiger partial charge on any atom is 0.263 e. The second kappa shape index (κ2) is 7.85. The Morgan fingerprint density at radius 2 is 1.88 bits per heavy atom. The molecule has 2 aromatic carbocycles. The van der Waals surface area contributed by atoms with E-state index in [2.05, 4.69) is 41.9 Å². The van der Waals surface area contributed by atoms with Gasteiger partial charge in [0.25, 0.3) is 5.88 Å². The average molecular weight is 444 g/mol. The van der Waals surface area contributed by atoms with Crippen LogP contribution < -0.4 is 20.3 Å². The Balaban J connectivity index is 1.24. The van der Waals surface area contributed by atoms with Crippen molar-refractivity contribution in [3.63, 3.8) is 0 Å². The smallest absolute Gasteiger partial charge is 0.263 e. The number of benzene rings is 2. The summed E-state index contributed by atoms with van der Waals surface area (Å²) in [7, 11) is 0. The van der Waals surface area contributed by atoms with E-state index in [9.17, 15) is 0 Å². The van der Waals surface area contributed by atoms with Gasteiger partial charge in [0, 0.05) is 41.6 Å². The van der Waals surface area contributed by atoms with Crippen LogP contribution in [0, 0.1) is 0 Å². The van der Waals surface area contributed by atoms with Crippen LogP contribution in [-0.2, 0) is 13.0 Å². The molecule has 8 nitrogen and oxygen atoms in total. The first-order valence-corrected chi connectivity index (χ1v) is 11.3. The maximum atomic E-state index is 6.38. The van der Waals surface area contributed by atoms with E-state index in [1.54, 1.807) is 30.5 Å². The molecule has 4 aromatic rings. The minimum Gasteiger partial charge on any atom is -0.436 e. The lowest BCUT2D eigenvalue weighted by molar-refractivity contribution is 0.457. The van der Waals surface area contributed by atoms with Crippen molar-refractivity contribution in [2.24, 2.45) is 5.73 Å². The van der Waals surface area contributed by atoms with Crippen molar-refractivity contribution in [3.8, 4) is 11.6 Å². The molecule has 0 saturated carbocycles. The summed E-state index contributed by atoms with van der Waals surface area (Å²) in [4.78, 5) is 22.1. The molecule has 0 aliphatic carbocycles. The first kappa shape index (κ1) is 19.1. The molecular weight excluding hydrogens is 422 g/mol. The lowest BCUT2D eigenvalue weighted by atomic mass is 10.1. The molecule has 0 amide bonds. The Kier molecular flexibility index (Phi) is 4.70. The standard InChI is InChI=1S/C23H21N7OS/c24-23-30(19-3-1-2-4-20(19)32-23)15-5-7-16(8-6-15)31-22-21(25-10-11-26-22)29-12-9-17-18(13-29)28-14-27-17/h1-8,10-11,14,23H,9,12-13,24H2,(H,27,28). The minimum absolute atomic E-state index is 0.156. The second-order valence-corrected chi connectivity index (χ2v) is 8.79. The summed E-state index contributed by atoms with van der Waals surface area (Å²) >= 11 is 1.66. The van der Waals surface area contributed by atoms with Gasteiger partial charge in [-0.05, 0) is 36.4 Å². The van der Waals surface area contributed by atoms with Gasteiger partial charge in [-0.15, -0.1) is 0 Å². The number of hydrogen-bond acceptors (Lipinski definition) is 8. The number of nitrogens with two attached hydrogens (primary N) is 1. The van der Waals surface area contributed by atoms with Crippen molar-refractivity contribution >= 4 is 29.0 Å². The molecule has 9 heteroatoms. The van der Waals surface area contributed by atoms with Gasteiger partial charge in [-0.25, -0.2) is 15.0 Å². The van der Waals surface area contributed by atoms with E-state index in [0.717, 1.165) is 35.9 Å². The van der Waals surface area contributed by atoms with Crippen molar-refractivity contribution in [1.82, 2.24) is 19.9 Å². The Hall–Kier alpha value is -3.56. The SMILES string of the molecule is NC1Sc2ccccc2N1c1ccc(Oc2nccnc2N2CCc3[nH]cnc3C2)cc1. The molecule has 1 atom stereocenters. The van der Waals surface area contributed by atoms with Crippen molar-refractivity contribution in [2.75, 3.05) is 16.3 Å². The van der Waals surface area contributed by atoms with Crippen LogP contribution in [0.4, 0.5) is 17.2 Å². The van der Waals surface area contributed by atoms with Gasteiger partial charge in [0.1, 0.15) is 11.2 Å². The van der Waals surface area contributed by atoms with Gasteiger partial charge >= 0.3 is 0 Å². The number of nitrogens with one attached hydrogen (secondary N) is 1. The van der Waals surface area contributed by atoms with Crippen LogP contribution in [0.15, 0.2) is 72.1 Å². The van der Waals surface area contributed by atoms with Gasteiger partial charge in [-0.2, -0.15) is 0 Å². The van der Waals surface area contributed by atoms with E-state index in [4.69, 9.17) is 10.5 Å². The fraction of sp³-hybridized carbons (Fsp3) is 0.174. The molecule has 0 fully saturated rings. The third kappa shape index (κ3) is 3.35. The summed E-state index contributed by atoms with van der Waals surface area (Å²) in [6.45, 7) is 1.50. The van der Waals surface area contributed by atoms with Crippen LogP contribution in [0.25, 0.3) is 0 Å². The Labute approximate surface area is 189 Å². The van der Waals surface area contributed by atoms with E-state index in [1.165, 1.54) is 10.6 Å². The lowest BCUT2D eigenvalue weighted by Gasteiger charge is -2.28. The van der Waals surface area contributed by atoms with Crippen LogP contribution >= 0.6 is 11.8 Å². The molecule has 0 spiro atoms. The molecular formula is C23H21N7OS. The normalized spacial score (nSPS) is 17.2. The number of para-hydroxylation sites is 1. The molecule has 2 aromatic heterocycles. The molecule has 2 aliphatic rings. The van der Waals surface area contributed by atoms with Gasteiger partial charge in [-0.3, -0.25) is 0 Å². The number of nitrogens with zero attached hydrogens (tertiary/aromatic N) is 5. The number of hydrogen-bond donors (Lipinski definition) is 2. The molecule has 0 bridgehead atoms. The Morgan fingerprint density at radius 1 is 1.03 bits per heavy atom. The van der Waals surface area contributed by atoms with Gasteiger partial charge in [0.05, 0.1) is 24.3 Å². The third-order valence-corrected chi connectivity index (χ3v) is 6.73. The zero-order valence-corrected chi connectivity index (χ0v) is 18.0. The number of fused-ring (bicyclic) bond motifs is 2. The number of ether oxygens (including phenoxy) is 1. The highest BCUT2D eigenvalue weighted by molar-refractivity contribution is 8.00. The van der Waals surface area contributed by atoms with E-state index >= 15 is 0 Å². The number of imidazole rings is 1. The Bertz CT molecular complexity index is 1260. The summed E-state index contributed by atoms with van der Waals surface area (Å²) in [5, 5.41) is 0. The molecule has 0 radical (unpaired) electrons. The van der Waals surface area contributed by atoms with Crippen molar-refractivity contribution in [3.05, 3.63) is 78.6 Å². The number of aromatic amines is 1. The van der Waals surface area contributed by atoms with Crippen LogP contribution in [0.2, 0.25) is 0 Å². The molecule has 2 aliphatic heterocycles. The summed E-state index contributed by atoms with van der Waals surface area (Å²) in [6.07, 6.45) is 5.96. The number of thioether (sulfide) groups is 1. The summed E-state index contributed by atoms with van der Waals surface area (Å²) in [5.74, 6) is 1.90. The van der Waals surface area contributed by atoms with Crippen LogP contribution in [0.5, 0.6) is 11.6 Å². The predicted molar refractivity (Wildman–Crippen MR) is 124 cm³/mol. The van der Waals surface area contributed by atoms with Gasteiger partial charge < -0.3 is 25.3 Å². The maximum absolute atomic E-state index is 6.38. The quantitative estimate of drug-likeness (QED) is 0.488. The van der Waals surface area contributed by atoms with Crippen molar-refractivity contribution < 1.29 is 4.74 Å². The summed E-state index contributed by atoms with van der Waals surface area (Å²) in [6, 6.07) is 16.2.